The van der Waals surface area contributed by atoms with Crippen molar-refractivity contribution in [3.63, 3.8) is 0 Å². The van der Waals surface area contributed by atoms with Crippen LogP contribution in [-0.4, -0.2) is 24.2 Å². The predicted molar refractivity (Wildman–Crippen MR) is 58.2 cm³/mol. The molecule has 0 aliphatic heterocycles. The normalized spacial score (nSPS) is 12.2. The number of carbonyl (C=O) groups is 1. The van der Waals surface area contributed by atoms with Crippen molar-refractivity contribution in [3.05, 3.63) is 23.2 Å². The molecule has 0 radical (unpaired) electrons. The van der Waals surface area contributed by atoms with E-state index in [9.17, 15) is 4.79 Å². The number of halogens is 1. The van der Waals surface area contributed by atoms with Crippen molar-refractivity contribution in [2.45, 2.75) is 13.0 Å². The van der Waals surface area contributed by atoms with Crippen LogP contribution in [0.4, 0.5) is 5.69 Å². The molecule has 1 rings (SSSR count). The molecule has 0 fully saturated rings. The van der Waals surface area contributed by atoms with E-state index in [0.717, 1.165) is 0 Å². The Morgan fingerprint density at radius 3 is 2.80 bits per heavy atom. The molecule has 0 aromatic heterocycles. The molecule has 1 amide bonds. The van der Waals surface area contributed by atoms with Gasteiger partial charge in [-0.3, -0.25) is 4.79 Å². The quantitative estimate of drug-likeness (QED) is 0.780. The lowest BCUT2D eigenvalue weighted by molar-refractivity contribution is -0.124. The zero-order valence-electron chi connectivity index (χ0n) is 8.45. The highest BCUT2D eigenvalue weighted by Gasteiger charge is 2.11. The summed E-state index contributed by atoms with van der Waals surface area (Å²) in [5.74, 6) is -0.284. The molecule has 0 saturated heterocycles. The van der Waals surface area contributed by atoms with Gasteiger partial charge in [0.25, 0.3) is 5.91 Å². The van der Waals surface area contributed by atoms with Crippen molar-refractivity contribution < 1.29 is 14.6 Å². The van der Waals surface area contributed by atoms with Crippen molar-refractivity contribution in [1.29, 1.82) is 0 Å². The first-order valence-electron chi connectivity index (χ1n) is 4.36. The molecule has 0 aliphatic carbocycles. The lowest BCUT2D eigenvalue weighted by Gasteiger charge is -2.10. The molecule has 4 nitrogen and oxygen atoms in total. The monoisotopic (exact) mass is 229 g/mol. The molecule has 15 heavy (non-hydrogen) atoms. The van der Waals surface area contributed by atoms with Gasteiger partial charge in [-0.1, -0.05) is 11.6 Å². The largest absolute Gasteiger partial charge is 0.506 e. The van der Waals surface area contributed by atoms with Crippen LogP contribution in [0, 0.1) is 0 Å². The molecule has 1 atom stereocenters. The van der Waals surface area contributed by atoms with Gasteiger partial charge in [0.1, 0.15) is 11.9 Å². The van der Waals surface area contributed by atoms with Crippen LogP contribution in [0.5, 0.6) is 5.75 Å². The number of carbonyl (C=O) groups excluding carboxylic acids is 1. The van der Waals surface area contributed by atoms with Crippen LogP contribution in [0.2, 0.25) is 5.02 Å². The lowest BCUT2D eigenvalue weighted by atomic mass is 10.3. The summed E-state index contributed by atoms with van der Waals surface area (Å²) in [5, 5.41) is 12.0. The molecule has 1 aromatic carbocycles. The van der Waals surface area contributed by atoms with Crippen molar-refractivity contribution in [2.75, 3.05) is 12.4 Å². The maximum Gasteiger partial charge on any atom is 0.253 e. The van der Waals surface area contributed by atoms with E-state index >= 15 is 0 Å². The van der Waals surface area contributed by atoms with Crippen LogP contribution < -0.4 is 5.32 Å². The number of ether oxygens (including phenoxy) is 1. The van der Waals surface area contributed by atoms with E-state index < -0.39 is 6.10 Å². The minimum Gasteiger partial charge on any atom is -0.506 e. The Kier molecular flexibility index (Phi) is 3.94. The first-order valence-corrected chi connectivity index (χ1v) is 4.74. The molecule has 0 spiro atoms. The van der Waals surface area contributed by atoms with Gasteiger partial charge in [0.05, 0.1) is 5.02 Å². The number of rotatable bonds is 3. The first kappa shape index (κ1) is 11.8. The summed E-state index contributed by atoms with van der Waals surface area (Å²) in [5.41, 5.74) is 0.520. The highest BCUT2D eigenvalue weighted by atomic mass is 35.5. The minimum atomic E-state index is -0.530. The second kappa shape index (κ2) is 5.00. The summed E-state index contributed by atoms with van der Waals surface area (Å²) >= 11 is 5.68. The Labute approximate surface area is 92.8 Å². The average Bonchev–Trinajstić information content (AvgIpc) is 2.22. The number of phenols is 1. The van der Waals surface area contributed by atoms with Gasteiger partial charge in [0.15, 0.2) is 0 Å². The zero-order valence-corrected chi connectivity index (χ0v) is 9.21. The Hall–Kier alpha value is -1.26. The molecule has 2 N–H and O–H groups in total. The maximum absolute atomic E-state index is 11.4. The van der Waals surface area contributed by atoms with Gasteiger partial charge in [-0.05, 0) is 25.1 Å². The summed E-state index contributed by atoms with van der Waals surface area (Å²) in [4.78, 5) is 11.4. The standard InChI is InChI=1S/C10H12ClNO3/c1-6(15-2)10(14)12-7-3-4-9(13)8(11)5-7/h3-6,13H,1-2H3,(H,12,14). The van der Waals surface area contributed by atoms with Crippen molar-refractivity contribution in [1.82, 2.24) is 0 Å². The zero-order chi connectivity index (χ0) is 11.4. The van der Waals surface area contributed by atoms with Gasteiger partial charge in [0, 0.05) is 12.8 Å². The third kappa shape index (κ3) is 3.11. The number of methoxy groups -OCH3 is 1. The van der Waals surface area contributed by atoms with Gasteiger partial charge >= 0.3 is 0 Å². The summed E-state index contributed by atoms with van der Waals surface area (Å²) in [6.45, 7) is 1.64. The van der Waals surface area contributed by atoms with Crippen LogP contribution >= 0.6 is 11.6 Å². The van der Waals surface area contributed by atoms with Crippen molar-refractivity contribution in [3.8, 4) is 5.75 Å². The number of benzene rings is 1. The fourth-order valence-electron chi connectivity index (χ4n) is 0.936. The number of aromatic hydroxyl groups is 1. The fourth-order valence-corrected chi connectivity index (χ4v) is 1.12. The van der Waals surface area contributed by atoms with E-state index in [4.69, 9.17) is 21.4 Å². The summed E-state index contributed by atoms with van der Waals surface area (Å²) < 4.78 is 4.84. The van der Waals surface area contributed by atoms with Crippen LogP contribution in [0.15, 0.2) is 18.2 Å². The topological polar surface area (TPSA) is 58.6 Å². The van der Waals surface area contributed by atoms with E-state index in [1.807, 2.05) is 0 Å². The van der Waals surface area contributed by atoms with E-state index in [-0.39, 0.29) is 16.7 Å². The van der Waals surface area contributed by atoms with Gasteiger partial charge in [0.2, 0.25) is 0 Å². The molecule has 5 heteroatoms. The lowest BCUT2D eigenvalue weighted by Crippen LogP contribution is -2.26. The Morgan fingerprint density at radius 1 is 1.60 bits per heavy atom. The maximum atomic E-state index is 11.4. The van der Waals surface area contributed by atoms with Gasteiger partial charge in [-0.15, -0.1) is 0 Å². The predicted octanol–water partition coefficient (Wildman–Crippen LogP) is 2.02. The molecular formula is C10H12ClNO3. The summed E-state index contributed by atoms with van der Waals surface area (Å²) in [6.07, 6.45) is -0.530. The molecule has 0 aliphatic rings. The number of hydrogen-bond acceptors (Lipinski definition) is 3. The Balaban J connectivity index is 2.73. The second-order valence-electron chi connectivity index (χ2n) is 3.03. The Bertz CT molecular complexity index is 368. The number of hydrogen-bond donors (Lipinski definition) is 2. The highest BCUT2D eigenvalue weighted by molar-refractivity contribution is 6.32. The van der Waals surface area contributed by atoms with E-state index in [2.05, 4.69) is 5.32 Å². The number of nitrogens with one attached hydrogen (secondary N) is 1. The minimum absolute atomic E-state index is 0.0190. The molecule has 0 heterocycles. The van der Waals surface area contributed by atoms with Gasteiger partial charge in [-0.25, -0.2) is 0 Å². The van der Waals surface area contributed by atoms with E-state index in [1.54, 1.807) is 13.0 Å². The number of phenolic OH excluding ortho intramolecular Hbond substituents is 1. The Morgan fingerprint density at radius 2 is 2.27 bits per heavy atom. The van der Waals surface area contributed by atoms with Crippen LogP contribution in [-0.2, 0) is 9.53 Å². The molecule has 0 bridgehead atoms. The summed E-state index contributed by atoms with van der Waals surface area (Å²) in [6, 6.07) is 4.44. The molecule has 0 saturated carbocycles. The number of amides is 1. The smallest absolute Gasteiger partial charge is 0.253 e. The fraction of sp³-hybridized carbons (Fsp3) is 0.300. The van der Waals surface area contributed by atoms with Crippen LogP contribution in [0.25, 0.3) is 0 Å². The van der Waals surface area contributed by atoms with Crippen molar-refractivity contribution in [2.24, 2.45) is 0 Å². The van der Waals surface area contributed by atoms with Gasteiger partial charge in [-0.2, -0.15) is 0 Å². The highest BCUT2D eigenvalue weighted by Crippen LogP contribution is 2.26. The van der Waals surface area contributed by atoms with Crippen LogP contribution in [0.1, 0.15) is 6.92 Å². The molecule has 1 unspecified atom stereocenters. The molecule has 1 aromatic rings. The summed E-state index contributed by atoms with van der Waals surface area (Å²) in [7, 11) is 1.45. The first-order chi connectivity index (χ1) is 7.04. The third-order valence-electron chi connectivity index (χ3n) is 1.94. The SMILES string of the molecule is COC(C)C(=O)Nc1ccc(O)c(Cl)c1. The van der Waals surface area contributed by atoms with Crippen LogP contribution in [0.3, 0.4) is 0 Å². The molecular weight excluding hydrogens is 218 g/mol. The van der Waals surface area contributed by atoms with Gasteiger partial charge < -0.3 is 15.2 Å². The van der Waals surface area contributed by atoms with E-state index in [1.165, 1.54) is 19.2 Å². The number of anilines is 1. The average molecular weight is 230 g/mol. The molecule has 82 valence electrons. The van der Waals surface area contributed by atoms with Crippen molar-refractivity contribution >= 4 is 23.2 Å². The van der Waals surface area contributed by atoms with E-state index in [0.29, 0.717) is 5.69 Å². The third-order valence-corrected chi connectivity index (χ3v) is 2.24. The second-order valence-corrected chi connectivity index (χ2v) is 3.44.